The van der Waals surface area contributed by atoms with E-state index in [4.69, 9.17) is 0 Å². The quantitative estimate of drug-likeness (QED) is 0.693. The Morgan fingerprint density at radius 3 is 2.36 bits per heavy atom. The first kappa shape index (κ1) is 17.5. The number of amides is 3. The van der Waals surface area contributed by atoms with Gasteiger partial charge in [-0.1, -0.05) is 18.2 Å². The summed E-state index contributed by atoms with van der Waals surface area (Å²) in [6.07, 6.45) is 1.45. The molecular formula is C19H16N6O3. The van der Waals surface area contributed by atoms with E-state index in [1.165, 1.54) is 17.9 Å². The van der Waals surface area contributed by atoms with Crippen LogP contribution in [0.4, 0.5) is 5.69 Å². The Balaban J connectivity index is 1.56. The normalized spacial score (nSPS) is 14.1. The zero-order chi connectivity index (χ0) is 19.8. The van der Waals surface area contributed by atoms with Gasteiger partial charge in [0.2, 0.25) is 5.91 Å². The Labute approximate surface area is 160 Å². The number of fused-ring (bicyclic) bond motifs is 1. The van der Waals surface area contributed by atoms with Gasteiger partial charge in [-0.15, -0.1) is 5.10 Å². The predicted molar refractivity (Wildman–Crippen MR) is 98.9 cm³/mol. The van der Waals surface area contributed by atoms with Crippen molar-refractivity contribution in [2.45, 2.75) is 19.9 Å². The Morgan fingerprint density at radius 1 is 1.07 bits per heavy atom. The summed E-state index contributed by atoms with van der Waals surface area (Å²) in [6.45, 7) is 3.41. The smallest absolute Gasteiger partial charge is 0.262 e. The van der Waals surface area contributed by atoms with Crippen molar-refractivity contribution in [2.24, 2.45) is 0 Å². The number of hydrogen-bond acceptors (Lipinski definition) is 6. The molecule has 0 radical (unpaired) electrons. The van der Waals surface area contributed by atoms with Gasteiger partial charge in [-0.05, 0) is 54.1 Å². The number of nitrogens with zero attached hydrogens (tertiary/aromatic N) is 5. The first-order valence-corrected chi connectivity index (χ1v) is 8.59. The Bertz CT molecular complexity index is 1060. The highest BCUT2D eigenvalue weighted by atomic mass is 16.2. The number of hydrogen-bond donors (Lipinski definition) is 1. The van der Waals surface area contributed by atoms with E-state index in [0.29, 0.717) is 22.5 Å². The van der Waals surface area contributed by atoms with E-state index in [9.17, 15) is 14.4 Å². The molecule has 3 aromatic rings. The molecule has 0 fully saturated rings. The van der Waals surface area contributed by atoms with Gasteiger partial charge in [-0.25, -0.2) is 4.68 Å². The lowest BCUT2D eigenvalue weighted by molar-refractivity contribution is -0.119. The van der Waals surface area contributed by atoms with Crippen molar-refractivity contribution in [3.63, 3.8) is 0 Å². The van der Waals surface area contributed by atoms with Crippen LogP contribution >= 0.6 is 0 Å². The fourth-order valence-electron chi connectivity index (χ4n) is 3.13. The van der Waals surface area contributed by atoms with E-state index in [1.807, 2.05) is 13.0 Å². The SMILES string of the molecule is Cc1ccc(NC(=O)C(C)N2C(=O)c3ccccc3C2=O)cc1-n1cnnn1. The summed E-state index contributed by atoms with van der Waals surface area (Å²) in [4.78, 5) is 38.8. The molecule has 0 saturated heterocycles. The molecule has 0 bridgehead atoms. The number of tetrazole rings is 1. The van der Waals surface area contributed by atoms with Crippen molar-refractivity contribution < 1.29 is 14.4 Å². The third-order valence-corrected chi connectivity index (χ3v) is 4.66. The van der Waals surface area contributed by atoms with E-state index in [0.717, 1.165) is 10.5 Å². The second kappa shape index (κ2) is 6.69. The monoisotopic (exact) mass is 376 g/mol. The van der Waals surface area contributed by atoms with Crippen molar-refractivity contribution in [1.29, 1.82) is 0 Å². The molecule has 28 heavy (non-hydrogen) atoms. The topological polar surface area (TPSA) is 110 Å². The molecule has 9 heteroatoms. The van der Waals surface area contributed by atoms with E-state index >= 15 is 0 Å². The summed E-state index contributed by atoms with van der Waals surface area (Å²) in [6, 6.07) is 10.8. The summed E-state index contributed by atoms with van der Waals surface area (Å²) < 4.78 is 1.48. The van der Waals surface area contributed by atoms with Crippen molar-refractivity contribution in [3.05, 3.63) is 65.5 Å². The molecule has 1 unspecified atom stereocenters. The molecule has 3 amide bonds. The van der Waals surface area contributed by atoms with Crippen LogP contribution in [-0.2, 0) is 4.79 Å². The van der Waals surface area contributed by atoms with Crippen LogP contribution in [-0.4, -0.2) is 48.9 Å². The first-order chi connectivity index (χ1) is 13.5. The maximum atomic E-state index is 12.7. The predicted octanol–water partition coefficient (Wildman–Crippen LogP) is 1.59. The van der Waals surface area contributed by atoms with Crippen LogP contribution in [0.3, 0.4) is 0 Å². The largest absolute Gasteiger partial charge is 0.324 e. The van der Waals surface area contributed by atoms with Gasteiger partial charge in [0.1, 0.15) is 12.4 Å². The fraction of sp³-hybridized carbons (Fsp3) is 0.158. The van der Waals surface area contributed by atoms with Gasteiger partial charge in [-0.2, -0.15) is 0 Å². The number of carbonyl (C=O) groups is 3. The van der Waals surface area contributed by atoms with Crippen molar-refractivity contribution in [2.75, 3.05) is 5.32 Å². The molecule has 1 aromatic heterocycles. The number of nitrogens with one attached hydrogen (secondary N) is 1. The molecular weight excluding hydrogens is 360 g/mol. The number of benzene rings is 2. The number of imide groups is 1. The molecule has 1 aliphatic heterocycles. The van der Waals surface area contributed by atoms with Gasteiger partial charge in [0.25, 0.3) is 11.8 Å². The summed E-state index contributed by atoms with van der Waals surface area (Å²) in [7, 11) is 0. The number of rotatable bonds is 4. The van der Waals surface area contributed by atoms with Gasteiger partial charge in [0, 0.05) is 5.69 Å². The fourth-order valence-corrected chi connectivity index (χ4v) is 3.13. The molecule has 9 nitrogen and oxygen atoms in total. The van der Waals surface area contributed by atoms with Gasteiger partial charge in [0.15, 0.2) is 0 Å². The lowest BCUT2D eigenvalue weighted by atomic mass is 10.1. The third-order valence-electron chi connectivity index (χ3n) is 4.66. The van der Waals surface area contributed by atoms with Crippen molar-refractivity contribution in [1.82, 2.24) is 25.1 Å². The molecule has 1 N–H and O–H groups in total. The molecule has 2 heterocycles. The highest BCUT2D eigenvalue weighted by Crippen LogP contribution is 2.25. The number of anilines is 1. The van der Waals surface area contributed by atoms with E-state index in [1.54, 1.807) is 36.4 Å². The average molecular weight is 376 g/mol. The third kappa shape index (κ3) is 2.82. The summed E-state index contributed by atoms with van der Waals surface area (Å²) in [5.41, 5.74) is 2.74. The average Bonchev–Trinajstić information content (AvgIpc) is 3.31. The molecule has 0 aliphatic carbocycles. The second-order valence-electron chi connectivity index (χ2n) is 6.45. The molecule has 1 aliphatic rings. The molecule has 2 aromatic carbocycles. The van der Waals surface area contributed by atoms with E-state index in [-0.39, 0.29) is 0 Å². The second-order valence-corrected chi connectivity index (χ2v) is 6.45. The minimum absolute atomic E-state index is 0.309. The van der Waals surface area contributed by atoms with Gasteiger partial charge in [0.05, 0.1) is 16.8 Å². The summed E-state index contributed by atoms with van der Waals surface area (Å²) >= 11 is 0. The zero-order valence-corrected chi connectivity index (χ0v) is 15.2. The Morgan fingerprint density at radius 2 is 1.75 bits per heavy atom. The maximum Gasteiger partial charge on any atom is 0.262 e. The highest BCUT2D eigenvalue weighted by molar-refractivity contribution is 6.23. The van der Waals surface area contributed by atoms with Crippen LogP contribution in [0, 0.1) is 6.92 Å². The van der Waals surface area contributed by atoms with Gasteiger partial charge < -0.3 is 5.32 Å². The minimum Gasteiger partial charge on any atom is -0.324 e. The van der Waals surface area contributed by atoms with Crippen LogP contribution in [0.5, 0.6) is 0 Å². The Hall–Kier alpha value is -3.88. The molecule has 1 atom stereocenters. The van der Waals surface area contributed by atoms with Gasteiger partial charge >= 0.3 is 0 Å². The van der Waals surface area contributed by atoms with Crippen LogP contribution < -0.4 is 5.32 Å². The zero-order valence-electron chi connectivity index (χ0n) is 15.2. The van der Waals surface area contributed by atoms with Crippen LogP contribution in [0.25, 0.3) is 5.69 Å². The lowest BCUT2D eigenvalue weighted by Gasteiger charge is -2.22. The number of aromatic nitrogens is 4. The van der Waals surface area contributed by atoms with Crippen LogP contribution in [0.1, 0.15) is 33.2 Å². The molecule has 0 spiro atoms. The van der Waals surface area contributed by atoms with Gasteiger partial charge in [-0.3, -0.25) is 19.3 Å². The maximum absolute atomic E-state index is 12.7. The standard InChI is InChI=1S/C19H16N6O3/c1-11-7-8-13(9-16(11)24-10-20-22-23-24)21-17(26)12(2)25-18(27)14-5-3-4-6-15(14)19(25)28/h3-10,12H,1-2H3,(H,21,26). The molecule has 0 saturated carbocycles. The summed E-state index contributed by atoms with van der Waals surface area (Å²) in [5.74, 6) is -1.41. The van der Waals surface area contributed by atoms with Crippen molar-refractivity contribution >= 4 is 23.4 Å². The van der Waals surface area contributed by atoms with E-state index in [2.05, 4.69) is 20.8 Å². The van der Waals surface area contributed by atoms with Crippen LogP contribution in [0.15, 0.2) is 48.8 Å². The summed E-state index contributed by atoms with van der Waals surface area (Å²) in [5, 5.41) is 13.8. The molecule has 140 valence electrons. The number of carbonyl (C=O) groups excluding carboxylic acids is 3. The first-order valence-electron chi connectivity index (χ1n) is 8.59. The lowest BCUT2D eigenvalue weighted by Crippen LogP contribution is -2.45. The number of aryl methyl sites for hydroxylation is 1. The van der Waals surface area contributed by atoms with Crippen molar-refractivity contribution in [3.8, 4) is 5.69 Å². The highest BCUT2D eigenvalue weighted by Gasteiger charge is 2.40. The van der Waals surface area contributed by atoms with E-state index < -0.39 is 23.8 Å². The minimum atomic E-state index is -0.967. The molecule has 4 rings (SSSR count). The van der Waals surface area contributed by atoms with Crippen LogP contribution in [0.2, 0.25) is 0 Å². The Kier molecular flexibility index (Phi) is 4.19.